The number of halogens is 3. The van der Waals surface area contributed by atoms with Crippen molar-refractivity contribution < 1.29 is 31.4 Å². The lowest BCUT2D eigenvalue weighted by molar-refractivity contribution is -0.0429. The van der Waals surface area contributed by atoms with Crippen LogP contribution in [-0.2, 0) is 16.4 Å². The van der Waals surface area contributed by atoms with Gasteiger partial charge < -0.3 is 9.84 Å². The molecular weight excluding hydrogens is 489 g/mol. The predicted octanol–water partition coefficient (Wildman–Crippen LogP) is 5.23. The second-order valence-corrected chi connectivity index (χ2v) is 11.1. The van der Waals surface area contributed by atoms with Crippen molar-refractivity contribution in [3.8, 4) is 16.9 Å². The van der Waals surface area contributed by atoms with E-state index in [0.717, 1.165) is 10.7 Å². The number of hydrogen-bond donors (Lipinski definition) is 2. The number of aliphatic hydroxyl groups is 1. The Hall–Kier alpha value is -2.63. The zero-order chi connectivity index (χ0) is 24.1. The van der Waals surface area contributed by atoms with Gasteiger partial charge in [-0.3, -0.25) is 4.72 Å². The summed E-state index contributed by atoms with van der Waals surface area (Å²) in [6.07, 6.45) is 2.15. The van der Waals surface area contributed by atoms with Gasteiger partial charge in [-0.15, -0.1) is 11.3 Å². The summed E-state index contributed by atoms with van der Waals surface area (Å²) < 4.78 is 69.3. The van der Waals surface area contributed by atoms with Gasteiger partial charge in [0.25, 0.3) is 0 Å². The number of aromatic nitrogens is 1. The Morgan fingerprint density at radius 1 is 1.18 bits per heavy atom. The molecule has 0 unspecified atom stereocenters. The van der Waals surface area contributed by atoms with Gasteiger partial charge in [-0.05, 0) is 37.0 Å². The van der Waals surface area contributed by atoms with Gasteiger partial charge in [-0.25, -0.2) is 4.98 Å². The molecule has 1 aromatic heterocycles. The summed E-state index contributed by atoms with van der Waals surface area (Å²) in [5.41, 5.74) is -3.41. The Morgan fingerprint density at radius 2 is 1.94 bits per heavy atom. The lowest BCUT2D eigenvalue weighted by atomic mass is 9.88. The maximum Gasteiger partial charge on any atom is 0.516 e. The van der Waals surface area contributed by atoms with Crippen LogP contribution in [0.4, 0.5) is 18.9 Å². The van der Waals surface area contributed by atoms with Crippen molar-refractivity contribution in [1.29, 1.82) is 0 Å². The Labute approximate surface area is 198 Å². The predicted molar refractivity (Wildman–Crippen MR) is 122 cm³/mol. The van der Waals surface area contributed by atoms with Gasteiger partial charge >= 0.3 is 15.5 Å². The Kier molecular flexibility index (Phi) is 5.81. The smallest absolute Gasteiger partial charge is 0.493 e. The van der Waals surface area contributed by atoms with Crippen LogP contribution in [0.15, 0.2) is 47.8 Å². The first-order valence-electron chi connectivity index (χ1n) is 10.7. The molecule has 2 aromatic carbocycles. The highest BCUT2D eigenvalue weighted by Crippen LogP contribution is 2.43. The van der Waals surface area contributed by atoms with Crippen molar-refractivity contribution in [3.05, 3.63) is 64.1 Å². The molecule has 1 saturated carbocycles. The summed E-state index contributed by atoms with van der Waals surface area (Å²) in [7, 11) is -5.57. The Morgan fingerprint density at radius 3 is 2.68 bits per heavy atom. The van der Waals surface area contributed by atoms with Crippen LogP contribution >= 0.6 is 11.3 Å². The van der Waals surface area contributed by atoms with E-state index in [-0.39, 0.29) is 23.8 Å². The highest BCUT2D eigenvalue weighted by atomic mass is 32.2. The molecular formula is C23H21F3N2O4S2. The standard InChI is InChI=1S/C23H21F3N2O4S2/c24-23(25,26)34(30,31)28-19-4-2-1-3-17(19)14-7-8-18-20(10-14)32-11-15(21(18)29)9-16-12-33-22(27-16)13-5-6-13/h1-4,7-8,10,12-13,15,21,28-29H,5-6,9,11H2/t15-,21+/m1/s1. The van der Waals surface area contributed by atoms with Gasteiger partial charge in [0, 0.05) is 28.3 Å². The van der Waals surface area contributed by atoms with Crippen molar-refractivity contribution in [2.24, 2.45) is 5.92 Å². The lowest BCUT2D eigenvalue weighted by Gasteiger charge is -2.30. The molecule has 1 fully saturated rings. The zero-order valence-electron chi connectivity index (χ0n) is 17.7. The molecule has 0 radical (unpaired) electrons. The highest BCUT2D eigenvalue weighted by Gasteiger charge is 2.46. The first-order valence-corrected chi connectivity index (χ1v) is 13.1. The van der Waals surface area contributed by atoms with Crippen molar-refractivity contribution in [2.75, 3.05) is 11.3 Å². The number of sulfonamides is 1. The van der Waals surface area contributed by atoms with E-state index in [1.54, 1.807) is 40.3 Å². The van der Waals surface area contributed by atoms with Crippen molar-refractivity contribution in [2.45, 2.75) is 36.8 Å². The Balaban J connectivity index is 1.37. The van der Waals surface area contributed by atoms with Gasteiger partial charge in [0.1, 0.15) is 5.75 Å². The monoisotopic (exact) mass is 510 g/mol. The molecule has 5 rings (SSSR count). The molecule has 6 nitrogen and oxygen atoms in total. The summed E-state index contributed by atoms with van der Waals surface area (Å²) in [5, 5.41) is 14.1. The highest BCUT2D eigenvalue weighted by molar-refractivity contribution is 7.93. The fourth-order valence-corrected chi connectivity index (χ4v) is 5.60. The number of fused-ring (bicyclic) bond motifs is 1. The molecule has 1 aliphatic heterocycles. The molecule has 34 heavy (non-hydrogen) atoms. The molecule has 2 N–H and O–H groups in total. The summed E-state index contributed by atoms with van der Waals surface area (Å²) in [4.78, 5) is 4.68. The van der Waals surface area contributed by atoms with Crippen molar-refractivity contribution in [1.82, 2.24) is 4.98 Å². The SMILES string of the molecule is O=S(=O)(Nc1ccccc1-c1ccc2c(c1)OC[C@@H](Cc1csc(C3CC3)n1)[C@@H]2O)C(F)(F)F. The molecule has 0 spiro atoms. The van der Waals surface area contributed by atoms with Crippen LogP contribution in [0.5, 0.6) is 5.75 Å². The molecule has 2 atom stereocenters. The normalized spacial score (nSPS) is 20.5. The molecule has 0 bridgehead atoms. The van der Waals surface area contributed by atoms with E-state index in [9.17, 15) is 26.7 Å². The average molecular weight is 511 g/mol. The fourth-order valence-electron chi connectivity index (χ4n) is 4.01. The van der Waals surface area contributed by atoms with Gasteiger partial charge in [-0.2, -0.15) is 21.6 Å². The number of anilines is 1. The maximum absolute atomic E-state index is 12.9. The number of benzene rings is 2. The summed E-state index contributed by atoms with van der Waals surface area (Å²) >= 11 is 1.65. The fraction of sp³-hybridized carbons (Fsp3) is 0.348. The third-order valence-electron chi connectivity index (χ3n) is 5.99. The molecule has 0 saturated heterocycles. The number of nitrogens with zero attached hydrogens (tertiary/aromatic N) is 1. The van der Waals surface area contributed by atoms with Crippen molar-refractivity contribution in [3.63, 3.8) is 0 Å². The number of ether oxygens (including phenoxy) is 1. The quantitative estimate of drug-likeness (QED) is 0.474. The molecule has 11 heteroatoms. The number of aliphatic hydroxyl groups excluding tert-OH is 1. The summed E-state index contributed by atoms with van der Waals surface area (Å²) in [6.45, 7) is 0.260. The first-order chi connectivity index (χ1) is 16.1. The molecule has 2 aliphatic rings. The van der Waals surface area contributed by atoms with Crippen LogP contribution in [0.2, 0.25) is 0 Å². The molecule has 0 amide bonds. The average Bonchev–Trinajstić information content (AvgIpc) is 3.53. The lowest BCUT2D eigenvalue weighted by Crippen LogP contribution is -2.30. The van der Waals surface area contributed by atoms with E-state index in [1.807, 2.05) is 5.38 Å². The van der Waals surface area contributed by atoms with E-state index in [1.165, 1.54) is 31.0 Å². The first kappa shape index (κ1) is 23.1. The molecule has 180 valence electrons. The summed E-state index contributed by atoms with van der Waals surface area (Å²) in [5.74, 6) is 0.805. The zero-order valence-corrected chi connectivity index (χ0v) is 19.4. The second-order valence-electron chi connectivity index (χ2n) is 8.52. The summed E-state index contributed by atoms with van der Waals surface area (Å²) in [6, 6.07) is 10.7. The van der Waals surface area contributed by atoms with Crippen LogP contribution < -0.4 is 9.46 Å². The molecule has 2 heterocycles. The van der Waals surface area contributed by atoms with E-state index in [0.29, 0.717) is 29.2 Å². The topological polar surface area (TPSA) is 88.5 Å². The Bertz CT molecular complexity index is 1320. The van der Waals surface area contributed by atoms with Crippen LogP contribution in [0.25, 0.3) is 11.1 Å². The third-order valence-corrected chi connectivity index (χ3v) is 8.14. The van der Waals surface area contributed by atoms with Gasteiger partial charge in [0.05, 0.1) is 29.1 Å². The van der Waals surface area contributed by atoms with Crippen LogP contribution in [-0.4, -0.2) is 30.6 Å². The van der Waals surface area contributed by atoms with E-state index in [4.69, 9.17) is 4.74 Å². The number of alkyl halides is 3. The second kappa shape index (κ2) is 8.54. The van der Waals surface area contributed by atoms with E-state index < -0.39 is 21.6 Å². The van der Waals surface area contributed by atoms with Crippen LogP contribution in [0, 0.1) is 5.92 Å². The maximum atomic E-state index is 12.9. The largest absolute Gasteiger partial charge is 0.516 e. The van der Waals surface area contributed by atoms with Crippen molar-refractivity contribution >= 4 is 27.0 Å². The van der Waals surface area contributed by atoms with E-state index in [2.05, 4.69) is 4.98 Å². The van der Waals surface area contributed by atoms with Gasteiger partial charge in [0.15, 0.2) is 0 Å². The van der Waals surface area contributed by atoms with Gasteiger partial charge in [-0.1, -0.05) is 30.3 Å². The molecule has 1 aliphatic carbocycles. The minimum atomic E-state index is -5.57. The minimum absolute atomic E-state index is 0.182. The number of nitrogens with one attached hydrogen (secondary N) is 1. The number of rotatable bonds is 6. The van der Waals surface area contributed by atoms with Gasteiger partial charge in [0.2, 0.25) is 0 Å². The van der Waals surface area contributed by atoms with Crippen LogP contribution in [0.1, 0.15) is 41.1 Å². The third kappa shape index (κ3) is 4.51. The number of para-hydroxylation sites is 1. The number of hydrogen-bond acceptors (Lipinski definition) is 6. The van der Waals surface area contributed by atoms with Crippen LogP contribution in [0.3, 0.4) is 0 Å². The van der Waals surface area contributed by atoms with E-state index >= 15 is 0 Å². The number of thiazole rings is 1. The minimum Gasteiger partial charge on any atom is -0.493 e. The molecule has 3 aromatic rings.